The van der Waals surface area contributed by atoms with Crippen molar-refractivity contribution < 1.29 is 10.2 Å². The molecule has 2 atom stereocenters. The van der Waals surface area contributed by atoms with E-state index in [1.54, 1.807) is 0 Å². The number of hydrogen-bond donors (Lipinski definition) is 2. The Morgan fingerprint density at radius 2 is 1.93 bits per heavy atom. The predicted molar refractivity (Wildman–Crippen MR) is 59.3 cm³/mol. The van der Waals surface area contributed by atoms with Crippen LogP contribution < -0.4 is 0 Å². The number of aliphatic hydroxyl groups is 2. The summed E-state index contributed by atoms with van der Waals surface area (Å²) in [7, 11) is 0. The van der Waals surface area contributed by atoms with Gasteiger partial charge in [-0.15, -0.1) is 0 Å². The van der Waals surface area contributed by atoms with Gasteiger partial charge in [-0.05, 0) is 18.9 Å². The first-order valence-electron chi connectivity index (χ1n) is 5.24. The Morgan fingerprint density at radius 3 is 2.60 bits per heavy atom. The molecular formula is C13H16O2. The fourth-order valence-electron chi connectivity index (χ4n) is 2.14. The first-order valence-corrected chi connectivity index (χ1v) is 5.24. The van der Waals surface area contributed by atoms with Crippen LogP contribution in [0.1, 0.15) is 25.3 Å². The quantitative estimate of drug-likeness (QED) is 0.687. The summed E-state index contributed by atoms with van der Waals surface area (Å²) in [6.07, 6.45) is 2.32. The van der Waals surface area contributed by atoms with Gasteiger partial charge in [0.2, 0.25) is 0 Å². The molecule has 1 aliphatic carbocycles. The van der Waals surface area contributed by atoms with E-state index in [0.29, 0.717) is 12.8 Å². The van der Waals surface area contributed by atoms with Gasteiger partial charge in [-0.1, -0.05) is 42.0 Å². The summed E-state index contributed by atoms with van der Waals surface area (Å²) in [4.78, 5) is 0. The fourth-order valence-corrected chi connectivity index (χ4v) is 2.14. The molecule has 2 rings (SSSR count). The largest absolute Gasteiger partial charge is 0.389 e. The predicted octanol–water partition coefficient (Wildman–Crippen LogP) is 1.98. The van der Waals surface area contributed by atoms with Crippen LogP contribution in [0.15, 0.2) is 42.0 Å². The molecule has 2 nitrogen and oxygen atoms in total. The maximum atomic E-state index is 10.5. The van der Waals surface area contributed by atoms with Gasteiger partial charge in [0.15, 0.2) is 0 Å². The average Bonchev–Trinajstić information content (AvgIpc) is 2.25. The summed E-state index contributed by atoms with van der Waals surface area (Å²) in [6, 6.07) is 9.40. The Hall–Kier alpha value is -1.12. The smallest absolute Gasteiger partial charge is 0.119 e. The third kappa shape index (κ3) is 1.83. The third-order valence-electron chi connectivity index (χ3n) is 3.06. The normalized spacial score (nSPS) is 31.1. The zero-order valence-electron chi connectivity index (χ0n) is 8.85. The molecular weight excluding hydrogens is 188 g/mol. The van der Waals surface area contributed by atoms with Gasteiger partial charge >= 0.3 is 0 Å². The van der Waals surface area contributed by atoms with Crippen LogP contribution in [0.3, 0.4) is 0 Å². The van der Waals surface area contributed by atoms with Crippen LogP contribution in [-0.2, 0) is 5.60 Å². The van der Waals surface area contributed by atoms with Crippen LogP contribution in [0.2, 0.25) is 0 Å². The highest BCUT2D eigenvalue weighted by atomic mass is 16.3. The molecule has 0 aromatic heterocycles. The second-order valence-electron chi connectivity index (χ2n) is 4.27. The molecule has 0 bridgehead atoms. The molecule has 2 heteroatoms. The highest BCUT2D eigenvalue weighted by Crippen LogP contribution is 2.36. The van der Waals surface area contributed by atoms with Crippen molar-refractivity contribution in [3.63, 3.8) is 0 Å². The minimum absolute atomic E-state index is 0.512. The van der Waals surface area contributed by atoms with E-state index in [1.165, 1.54) is 0 Å². The lowest BCUT2D eigenvalue weighted by atomic mass is 9.78. The number of hydrogen-bond acceptors (Lipinski definition) is 2. The number of benzene rings is 1. The Morgan fingerprint density at radius 1 is 1.27 bits per heavy atom. The highest BCUT2D eigenvalue weighted by molar-refractivity contribution is 5.28. The Kier molecular flexibility index (Phi) is 2.63. The van der Waals surface area contributed by atoms with Crippen molar-refractivity contribution in [1.82, 2.24) is 0 Å². The van der Waals surface area contributed by atoms with Gasteiger partial charge in [0, 0.05) is 6.42 Å². The van der Waals surface area contributed by atoms with Crippen LogP contribution in [0, 0.1) is 0 Å². The van der Waals surface area contributed by atoms with Crippen molar-refractivity contribution in [3.8, 4) is 0 Å². The van der Waals surface area contributed by atoms with E-state index < -0.39 is 11.7 Å². The van der Waals surface area contributed by atoms with Gasteiger partial charge in [-0.2, -0.15) is 0 Å². The van der Waals surface area contributed by atoms with Crippen molar-refractivity contribution in [1.29, 1.82) is 0 Å². The van der Waals surface area contributed by atoms with Gasteiger partial charge in [-0.3, -0.25) is 0 Å². The summed E-state index contributed by atoms with van der Waals surface area (Å²) in [5.41, 5.74) is 0.816. The lowest BCUT2D eigenvalue weighted by Gasteiger charge is -2.36. The minimum Gasteiger partial charge on any atom is -0.389 e. The van der Waals surface area contributed by atoms with Gasteiger partial charge in [0.05, 0.1) is 6.10 Å². The summed E-state index contributed by atoms with van der Waals surface area (Å²) < 4.78 is 0. The molecule has 0 radical (unpaired) electrons. The monoisotopic (exact) mass is 204 g/mol. The van der Waals surface area contributed by atoms with E-state index in [9.17, 15) is 10.2 Å². The molecule has 0 amide bonds. The average molecular weight is 204 g/mol. The molecule has 0 fully saturated rings. The summed E-state index contributed by atoms with van der Waals surface area (Å²) in [6.45, 7) is 1.99. The number of rotatable bonds is 1. The topological polar surface area (TPSA) is 40.5 Å². The molecule has 0 saturated heterocycles. The highest BCUT2D eigenvalue weighted by Gasteiger charge is 2.39. The third-order valence-corrected chi connectivity index (χ3v) is 3.06. The Bertz CT molecular complexity index is 369. The second-order valence-corrected chi connectivity index (χ2v) is 4.27. The van der Waals surface area contributed by atoms with E-state index in [2.05, 4.69) is 0 Å². The molecule has 1 aromatic carbocycles. The molecule has 0 saturated carbocycles. The van der Waals surface area contributed by atoms with Crippen LogP contribution in [-0.4, -0.2) is 16.3 Å². The second kappa shape index (κ2) is 3.80. The molecule has 0 aliphatic heterocycles. The van der Waals surface area contributed by atoms with Crippen molar-refractivity contribution in [2.45, 2.75) is 31.5 Å². The van der Waals surface area contributed by atoms with E-state index in [0.717, 1.165) is 11.1 Å². The van der Waals surface area contributed by atoms with Crippen molar-refractivity contribution in [3.05, 3.63) is 47.5 Å². The molecule has 80 valence electrons. The molecule has 15 heavy (non-hydrogen) atoms. The lowest BCUT2D eigenvalue weighted by Crippen LogP contribution is -2.41. The SMILES string of the molecule is CC1=CC[C@H](O)[C@@](O)(c2ccccc2)C1. The van der Waals surface area contributed by atoms with Crippen LogP contribution in [0.5, 0.6) is 0 Å². The van der Waals surface area contributed by atoms with Crippen LogP contribution >= 0.6 is 0 Å². The summed E-state index contributed by atoms with van der Waals surface area (Å²) >= 11 is 0. The van der Waals surface area contributed by atoms with Crippen molar-refractivity contribution in [2.75, 3.05) is 0 Å². The lowest BCUT2D eigenvalue weighted by molar-refractivity contribution is -0.0833. The van der Waals surface area contributed by atoms with Crippen molar-refractivity contribution in [2.24, 2.45) is 0 Å². The first kappa shape index (κ1) is 10.4. The number of aliphatic hydroxyl groups excluding tert-OH is 1. The van der Waals surface area contributed by atoms with Gasteiger partial charge < -0.3 is 10.2 Å². The molecule has 1 aliphatic rings. The van der Waals surface area contributed by atoms with E-state index in [4.69, 9.17) is 0 Å². The van der Waals surface area contributed by atoms with E-state index in [1.807, 2.05) is 43.3 Å². The minimum atomic E-state index is -1.11. The zero-order chi connectivity index (χ0) is 10.9. The molecule has 2 N–H and O–H groups in total. The van der Waals surface area contributed by atoms with Gasteiger partial charge in [0.1, 0.15) is 5.60 Å². The molecule has 1 aromatic rings. The summed E-state index contributed by atoms with van der Waals surface area (Å²) in [5, 5.41) is 20.4. The Labute approximate surface area is 89.9 Å². The van der Waals surface area contributed by atoms with E-state index in [-0.39, 0.29) is 0 Å². The van der Waals surface area contributed by atoms with Crippen LogP contribution in [0.4, 0.5) is 0 Å². The van der Waals surface area contributed by atoms with Crippen molar-refractivity contribution >= 4 is 0 Å². The Balaban J connectivity index is 2.38. The summed E-state index contributed by atoms with van der Waals surface area (Å²) in [5.74, 6) is 0. The standard InChI is InChI=1S/C13H16O2/c1-10-7-8-12(14)13(15,9-10)11-5-3-2-4-6-11/h2-7,12,14-15H,8-9H2,1H3/t12-,13-/m0/s1. The maximum absolute atomic E-state index is 10.5. The van der Waals surface area contributed by atoms with Gasteiger partial charge in [-0.25, -0.2) is 0 Å². The fraction of sp³-hybridized carbons (Fsp3) is 0.385. The maximum Gasteiger partial charge on any atom is 0.119 e. The molecule has 0 spiro atoms. The van der Waals surface area contributed by atoms with Gasteiger partial charge in [0.25, 0.3) is 0 Å². The molecule has 0 unspecified atom stereocenters. The molecule has 0 heterocycles. The van der Waals surface area contributed by atoms with E-state index >= 15 is 0 Å². The zero-order valence-corrected chi connectivity index (χ0v) is 8.85. The van der Waals surface area contributed by atoms with Crippen LogP contribution in [0.25, 0.3) is 0 Å². The first-order chi connectivity index (χ1) is 7.13.